The van der Waals surface area contributed by atoms with E-state index in [1.54, 1.807) is 68.1 Å². The Morgan fingerprint density at radius 2 is 1.90 bits per heavy atom. The van der Waals surface area contributed by atoms with Crippen LogP contribution in [0, 0.1) is 11.3 Å². The second-order valence-corrected chi connectivity index (χ2v) is 7.49. The molecule has 0 aromatic heterocycles. The number of hydrogen-bond donors (Lipinski definition) is 1. The van der Waals surface area contributed by atoms with E-state index in [0.29, 0.717) is 29.9 Å². The molecule has 0 saturated carbocycles. The molecule has 2 rings (SSSR count). The fourth-order valence-electron chi connectivity index (χ4n) is 2.61. The Hall–Kier alpha value is -3.59. The third-order valence-electron chi connectivity index (χ3n) is 3.85. The van der Waals surface area contributed by atoms with Gasteiger partial charge in [-0.05, 0) is 56.7 Å². The summed E-state index contributed by atoms with van der Waals surface area (Å²) in [7, 11) is 0. The molecule has 6 heteroatoms. The SMILES string of the molecule is C=CCN(Cc1ccc(C#N)cc1)C(=O)c1cccc(NC(=O)OC(C)(C)C)c1. The number of nitriles is 1. The zero-order chi connectivity index (χ0) is 21.4. The van der Waals surface area contributed by atoms with E-state index in [1.165, 1.54) is 0 Å². The van der Waals surface area contributed by atoms with E-state index in [2.05, 4.69) is 18.0 Å². The lowest BCUT2D eigenvalue weighted by Gasteiger charge is -2.22. The first-order valence-corrected chi connectivity index (χ1v) is 9.21. The van der Waals surface area contributed by atoms with Gasteiger partial charge in [-0.25, -0.2) is 4.79 Å². The van der Waals surface area contributed by atoms with Crippen LogP contribution >= 0.6 is 0 Å². The molecule has 0 saturated heterocycles. The van der Waals surface area contributed by atoms with Gasteiger partial charge in [-0.3, -0.25) is 10.1 Å². The Morgan fingerprint density at radius 3 is 2.48 bits per heavy atom. The fourth-order valence-corrected chi connectivity index (χ4v) is 2.61. The molecular formula is C23H25N3O3. The van der Waals surface area contributed by atoms with Crippen LogP contribution in [0.3, 0.4) is 0 Å². The highest BCUT2D eigenvalue weighted by molar-refractivity contribution is 5.96. The summed E-state index contributed by atoms with van der Waals surface area (Å²) in [6, 6.07) is 15.9. The van der Waals surface area contributed by atoms with Crippen molar-refractivity contribution in [1.82, 2.24) is 4.90 Å². The molecule has 2 amide bonds. The van der Waals surface area contributed by atoms with Crippen LogP contribution in [0.1, 0.15) is 42.3 Å². The summed E-state index contributed by atoms with van der Waals surface area (Å²) in [5, 5.41) is 11.6. The third kappa shape index (κ3) is 6.82. The maximum atomic E-state index is 13.0. The molecule has 0 fully saturated rings. The van der Waals surface area contributed by atoms with Crippen molar-refractivity contribution < 1.29 is 14.3 Å². The number of benzene rings is 2. The van der Waals surface area contributed by atoms with Gasteiger partial charge in [0.15, 0.2) is 0 Å². The van der Waals surface area contributed by atoms with Crippen LogP contribution in [0.15, 0.2) is 61.2 Å². The number of hydrogen-bond acceptors (Lipinski definition) is 4. The maximum Gasteiger partial charge on any atom is 0.412 e. The van der Waals surface area contributed by atoms with E-state index >= 15 is 0 Å². The number of carbonyl (C=O) groups excluding carboxylic acids is 2. The van der Waals surface area contributed by atoms with Gasteiger partial charge in [-0.2, -0.15) is 5.26 Å². The summed E-state index contributed by atoms with van der Waals surface area (Å²) in [6.07, 6.45) is 1.08. The summed E-state index contributed by atoms with van der Waals surface area (Å²) >= 11 is 0. The van der Waals surface area contributed by atoms with Gasteiger partial charge in [0.2, 0.25) is 0 Å². The summed E-state index contributed by atoms with van der Waals surface area (Å²) in [6.45, 7) is 9.81. The minimum absolute atomic E-state index is 0.193. The predicted molar refractivity (Wildman–Crippen MR) is 112 cm³/mol. The second-order valence-electron chi connectivity index (χ2n) is 7.49. The van der Waals surface area contributed by atoms with Crippen molar-refractivity contribution >= 4 is 17.7 Å². The number of nitrogens with zero attached hydrogens (tertiary/aromatic N) is 2. The highest BCUT2D eigenvalue weighted by Crippen LogP contribution is 2.17. The molecular weight excluding hydrogens is 366 g/mol. The number of anilines is 1. The summed E-state index contributed by atoms with van der Waals surface area (Å²) in [5.41, 5.74) is 1.77. The molecule has 29 heavy (non-hydrogen) atoms. The molecule has 1 N–H and O–H groups in total. The van der Waals surface area contributed by atoms with Gasteiger partial charge < -0.3 is 9.64 Å². The Labute approximate surface area is 171 Å². The molecule has 6 nitrogen and oxygen atoms in total. The first-order chi connectivity index (χ1) is 13.7. The minimum atomic E-state index is -0.612. The molecule has 0 bridgehead atoms. The predicted octanol–water partition coefficient (Wildman–Crippen LogP) is 4.73. The average Bonchev–Trinajstić information content (AvgIpc) is 2.66. The van der Waals surface area contributed by atoms with Crippen molar-refractivity contribution in [2.24, 2.45) is 0 Å². The molecule has 0 unspecified atom stereocenters. The van der Waals surface area contributed by atoms with Crippen molar-refractivity contribution in [3.05, 3.63) is 77.9 Å². The molecule has 0 heterocycles. The number of amides is 2. The number of nitrogens with one attached hydrogen (secondary N) is 1. The molecule has 150 valence electrons. The van der Waals surface area contributed by atoms with E-state index in [-0.39, 0.29) is 5.91 Å². The van der Waals surface area contributed by atoms with Crippen LogP contribution in [-0.2, 0) is 11.3 Å². The fraction of sp³-hybridized carbons (Fsp3) is 0.261. The average molecular weight is 391 g/mol. The molecule has 2 aromatic carbocycles. The number of rotatable bonds is 6. The molecule has 2 aromatic rings. The van der Waals surface area contributed by atoms with Gasteiger partial charge in [0.25, 0.3) is 5.91 Å². The molecule has 0 atom stereocenters. The van der Waals surface area contributed by atoms with Crippen LogP contribution in [-0.4, -0.2) is 29.0 Å². The van der Waals surface area contributed by atoms with Gasteiger partial charge in [-0.1, -0.05) is 24.3 Å². The smallest absolute Gasteiger partial charge is 0.412 e. The van der Waals surface area contributed by atoms with Crippen molar-refractivity contribution in [3.63, 3.8) is 0 Å². The van der Waals surface area contributed by atoms with Crippen LogP contribution in [0.25, 0.3) is 0 Å². The number of ether oxygens (including phenoxy) is 1. The van der Waals surface area contributed by atoms with E-state index < -0.39 is 11.7 Å². The molecule has 0 aliphatic heterocycles. The van der Waals surface area contributed by atoms with Gasteiger partial charge in [0.05, 0.1) is 11.6 Å². The van der Waals surface area contributed by atoms with E-state index in [1.807, 2.05) is 12.1 Å². The van der Waals surface area contributed by atoms with E-state index in [0.717, 1.165) is 5.56 Å². The van der Waals surface area contributed by atoms with Gasteiger partial charge in [0.1, 0.15) is 5.60 Å². The Bertz CT molecular complexity index is 922. The number of carbonyl (C=O) groups is 2. The first-order valence-electron chi connectivity index (χ1n) is 9.21. The van der Waals surface area contributed by atoms with E-state index in [4.69, 9.17) is 10.00 Å². The van der Waals surface area contributed by atoms with Gasteiger partial charge in [0, 0.05) is 24.3 Å². The Morgan fingerprint density at radius 1 is 1.21 bits per heavy atom. The summed E-state index contributed by atoms with van der Waals surface area (Å²) < 4.78 is 5.24. The quantitative estimate of drug-likeness (QED) is 0.722. The van der Waals surface area contributed by atoms with E-state index in [9.17, 15) is 9.59 Å². The van der Waals surface area contributed by atoms with Crippen molar-refractivity contribution in [3.8, 4) is 6.07 Å². The molecule has 0 spiro atoms. The second kappa shape index (κ2) is 9.56. The zero-order valence-corrected chi connectivity index (χ0v) is 16.9. The summed E-state index contributed by atoms with van der Waals surface area (Å²) in [5.74, 6) is -0.193. The van der Waals surface area contributed by atoms with Crippen LogP contribution in [0.4, 0.5) is 10.5 Å². The standard InChI is InChI=1S/C23H25N3O3/c1-5-13-26(16-18-11-9-17(15-24)10-12-18)21(27)19-7-6-8-20(14-19)25-22(28)29-23(2,3)4/h5-12,14H,1,13,16H2,2-4H3,(H,25,28). The lowest BCUT2D eigenvalue weighted by Crippen LogP contribution is -2.31. The largest absolute Gasteiger partial charge is 0.444 e. The lowest BCUT2D eigenvalue weighted by molar-refractivity contribution is 0.0635. The minimum Gasteiger partial charge on any atom is -0.444 e. The van der Waals surface area contributed by atoms with Crippen molar-refractivity contribution in [2.75, 3.05) is 11.9 Å². The highest BCUT2D eigenvalue weighted by Gasteiger charge is 2.18. The Balaban J connectivity index is 2.15. The van der Waals surface area contributed by atoms with Crippen LogP contribution < -0.4 is 5.32 Å². The monoisotopic (exact) mass is 391 g/mol. The Kier molecular flexibility index (Phi) is 7.15. The lowest BCUT2D eigenvalue weighted by atomic mass is 10.1. The van der Waals surface area contributed by atoms with Gasteiger partial charge >= 0.3 is 6.09 Å². The highest BCUT2D eigenvalue weighted by atomic mass is 16.6. The van der Waals surface area contributed by atoms with Crippen molar-refractivity contribution in [2.45, 2.75) is 32.9 Å². The molecule has 0 aliphatic rings. The third-order valence-corrected chi connectivity index (χ3v) is 3.85. The maximum absolute atomic E-state index is 13.0. The topological polar surface area (TPSA) is 82.4 Å². The normalized spacial score (nSPS) is 10.6. The van der Waals surface area contributed by atoms with Crippen LogP contribution in [0.2, 0.25) is 0 Å². The summed E-state index contributed by atoms with van der Waals surface area (Å²) in [4.78, 5) is 26.6. The van der Waals surface area contributed by atoms with Crippen LogP contribution in [0.5, 0.6) is 0 Å². The first kappa shape index (κ1) is 21.7. The molecule has 0 aliphatic carbocycles. The zero-order valence-electron chi connectivity index (χ0n) is 16.9. The van der Waals surface area contributed by atoms with Gasteiger partial charge in [-0.15, -0.1) is 6.58 Å². The molecule has 0 radical (unpaired) electrons. The van der Waals surface area contributed by atoms with Crippen molar-refractivity contribution in [1.29, 1.82) is 5.26 Å².